The quantitative estimate of drug-likeness (QED) is 0.771. The average Bonchev–Trinajstić information content (AvgIpc) is 3.21. The summed E-state index contributed by atoms with van der Waals surface area (Å²) in [6.07, 6.45) is 8.06. The molecule has 3 fully saturated rings. The molecule has 3 aliphatic rings. The number of likely N-dealkylation sites (N-methyl/N-ethyl adjacent to an activating group) is 1. The first-order valence-electron chi connectivity index (χ1n) is 8.87. The third kappa shape index (κ3) is 4.41. The SMILES string of the molecule is CN(C)CC1CCCN1CC1(CNC2CC2)CCCOC1. The van der Waals surface area contributed by atoms with Gasteiger partial charge in [-0.05, 0) is 59.2 Å². The van der Waals surface area contributed by atoms with Crippen molar-refractivity contribution >= 4 is 0 Å². The van der Waals surface area contributed by atoms with E-state index in [1.54, 1.807) is 0 Å². The van der Waals surface area contributed by atoms with Gasteiger partial charge in [-0.2, -0.15) is 0 Å². The van der Waals surface area contributed by atoms with Gasteiger partial charge in [0, 0.05) is 43.7 Å². The Morgan fingerprint density at radius 1 is 1.24 bits per heavy atom. The molecule has 1 saturated carbocycles. The Hall–Kier alpha value is -0.160. The van der Waals surface area contributed by atoms with Crippen LogP contribution in [0.2, 0.25) is 0 Å². The molecule has 0 aromatic carbocycles. The molecule has 4 heteroatoms. The summed E-state index contributed by atoms with van der Waals surface area (Å²) in [6.45, 7) is 6.79. The lowest BCUT2D eigenvalue weighted by atomic mass is 9.81. The zero-order valence-corrected chi connectivity index (χ0v) is 13.9. The van der Waals surface area contributed by atoms with Crippen molar-refractivity contribution in [3.63, 3.8) is 0 Å². The fraction of sp³-hybridized carbons (Fsp3) is 1.00. The molecular weight excluding hydrogens is 262 g/mol. The lowest BCUT2D eigenvalue weighted by molar-refractivity contribution is -0.0293. The predicted octanol–water partition coefficient (Wildman–Crippen LogP) is 1.56. The van der Waals surface area contributed by atoms with E-state index in [4.69, 9.17) is 4.74 Å². The van der Waals surface area contributed by atoms with Crippen LogP contribution in [0.5, 0.6) is 0 Å². The summed E-state index contributed by atoms with van der Waals surface area (Å²) in [5, 5.41) is 3.78. The molecule has 2 heterocycles. The lowest BCUT2D eigenvalue weighted by Crippen LogP contribution is -2.51. The van der Waals surface area contributed by atoms with Gasteiger partial charge in [0.2, 0.25) is 0 Å². The maximum absolute atomic E-state index is 5.89. The summed E-state index contributed by atoms with van der Waals surface area (Å²) in [6, 6.07) is 1.56. The molecule has 0 amide bonds. The second kappa shape index (κ2) is 6.95. The Balaban J connectivity index is 1.59. The highest BCUT2D eigenvalue weighted by Gasteiger charge is 2.39. The van der Waals surface area contributed by atoms with Crippen LogP contribution in [0.15, 0.2) is 0 Å². The largest absolute Gasteiger partial charge is 0.381 e. The molecule has 0 spiro atoms. The molecule has 4 nitrogen and oxygen atoms in total. The van der Waals surface area contributed by atoms with Crippen molar-refractivity contribution in [3.8, 4) is 0 Å². The first-order chi connectivity index (χ1) is 10.2. The molecule has 2 unspecified atom stereocenters. The van der Waals surface area contributed by atoms with Crippen LogP contribution in [-0.2, 0) is 4.74 Å². The van der Waals surface area contributed by atoms with Crippen molar-refractivity contribution in [2.45, 2.75) is 50.6 Å². The number of nitrogens with one attached hydrogen (secondary N) is 1. The van der Waals surface area contributed by atoms with Gasteiger partial charge in [-0.15, -0.1) is 0 Å². The van der Waals surface area contributed by atoms with Gasteiger partial charge in [-0.25, -0.2) is 0 Å². The molecule has 3 rings (SSSR count). The maximum atomic E-state index is 5.89. The minimum atomic E-state index is 0.357. The minimum absolute atomic E-state index is 0.357. The van der Waals surface area contributed by atoms with Gasteiger partial charge in [0.1, 0.15) is 0 Å². The fourth-order valence-corrected chi connectivity index (χ4v) is 4.04. The second-order valence-electron chi connectivity index (χ2n) is 7.84. The molecule has 2 aliphatic heterocycles. The summed E-state index contributed by atoms with van der Waals surface area (Å²) in [5.41, 5.74) is 0.357. The summed E-state index contributed by atoms with van der Waals surface area (Å²) < 4.78 is 5.89. The summed E-state index contributed by atoms with van der Waals surface area (Å²) in [5.74, 6) is 0. The predicted molar refractivity (Wildman–Crippen MR) is 86.7 cm³/mol. The van der Waals surface area contributed by atoms with Crippen molar-refractivity contribution < 1.29 is 4.74 Å². The van der Waals surface area contributed by atoms with E-state index >= 15 is 0 Å². The van der Waals surface area contributed by atoms with Crippen LogP contribution in [0.4, 0.5) is 0 Å². The van der Waals surface area contributed by atoms with Gasteiger partial charge in [0.15, 0.2) is 0 Å². The van der Waals surface area contributed by atoms with E-state index in [-0.39, 0.29) is 0 Å². The highest BCUT2D eigenvalue weighted by Crippen LogP contribution is 2.33. The molecular formula is C17H33N3O. The second-order valence-corrected chi connectivity index (χ2v) is 7.84. The fourth-order valence-electron chi connectivity index (χ4n) is 4.04. The Bertz CT molecular complexity index is 324. The van der Waals surface area contributed by atoms with Crippen LogP contribution in [0.1, 0.15) is 38.5 Å². The van der Waals surface area contributed by atoms with Crippen molar-refractivity contribution in [1.29, 1.82) is 0 Å². The molecule has 122 valence electrons. The number of likely N-dealkylation sites (tertiary alicyclic amines) is 1. The molecule has 21 heavy (non-hydrogen) atoms. The van der Waals surface area contributed by atoms with Gasteiger partial charge in [0.05, 0.1) is 6.61 Å². The molecule has 2 atom stereocenters. The van der Waals surface area contributed by atoms with Gasteiger partial charge in [-0.1, -0.05) is 0 Å². The highest BCUT2D eigenvalue weighted by atomic mass is 16.5. The summed E-state index contributed by atoms with van der Waals surface area (Å²) >= 11 is 0. The Morgan fingerprint density at radius 2 is 2.10 bits per heavy atom. The van der Waals surface area contributed by atoms with Crippen LogP contribution in [0.25, 0.3) is 0 Å². The Morgan fingerprint density at radius 3 is 2.76 bits per heavy atom. The number of hydrogen-bond acceptors (Lipinski definition) is 4. The Labute approximate surface area is 130 Å². The highest BCUT2D eigenvalue weighted by molar-refractivity contribution is 4.94. The third-order valence-electron chi connectivity index (χ3n) is 5.36. The number of nitrogens with zero attached hydrogens (tertiary/aromatic N) is 2. The van der Waals surface area contributed by atoms with E-state index in [2.05, 4.69) is 29.2 Å². The first kappa shape index (κ1) is 15.7. The van der Waals surface area contributed by atoms with Crippen molar-refractivity contribution in [2.75, 3.05) is 53.5 Å². The molecule has 0 radical (unpaired) electrons. The molecule has 0 aromatic heterocycles. The standard InChI is InChI=1S/C17H33N3O/c1-19(2)11-16-5-3-9-20(16)13-17(8-4-10-21-14-17)12-18-15-6-7-15/h15-16,18H,3-14H2,1-2H3. The van der Waals surface area contributed by atoms with Crippen molar-refractivity contribution in [2.24, 2.45) is 5.41 Å². The average molecular weight is 295 g/mol. The zero-order chi connectivity index (χ0) is 14.7. The normalized spacial score (nSPS) is 34.7. The number of hydrogen-bond donors (Lipinski definition) is 1. The van der Waals surface area contributed by atoms with Crippen molar-refractivity contribution in [1.82, 2.24) is 15.1 Å². The minimum Gasteiger partial charge on any atom is -0.381 e. The Kier molecular flexibility index (Phi) is 5.20. The molecule has 2 saturated heterocycles. The summed E-state index contributed by atoms with van der Waals surface area (Å²) in [4.78, 5) is 5.10. The van der Waals surface area contributed by atoms with Gasteiger partial charge in [-0.3, -0.25) is 4.90 Å². The van der Waals surface area contributed by atoms with Crippen LogP contribution < -0.4 is 5.32 Å². The molecule has 0 bridgehead atoms. The van der Waals surface area contributed by atoms with E-state index in [0.717, 1.165) is 31.8 Å². The smallest absolute Gasteiger partial charge is 0.0546 e. The summed E-state index contributed by atoms with van der Waals surface area (Å²) in [7, 11) is 4.40. The van der Waals surface area contributed by atoms with E-state index in [9.17, 15) is 0 Å². The van der Waals surface area contributed by atoms with Crippen LogP contribution in [0.3, 0.4) is 0 Å². The first-order valence-corrected chi connectivity index (χ1v) is 8.87. The van der Waals surface area contributed by atoms with Crippen LogP contribution in [0, 0.1) is 5.41 Å². The van der Waals surface area contributed by atoms with Crippen molar-refractivity contribution in [3.05, 3.63) is 0 Å². The number of rotatable bonds is 7. The van der Waals surface area contributed by atoms with Gasteiger partial charge >= 0.3 is 0 Å². The monoisotopic (exact) mass is 295 g/mol. The molecule has 1 N–H and O–H groups in total. The maximum Gasteiger partial charge on any atom is 0.0546 e. The number of ether oxygens (including phenoxy) is 1. The van der Waals surface area contributed by atoms with E-state index in [1.807, 2.05) is 0 Å². The zero-order valence-electron chi connectivity index (χ0n) is 13.9. The molecule has 1 aliphatic carbocycles. The van der Waals surface area contributed by atoms with Gasteiger partial charge in [0.25, 0.3) is 0 Å². The lowest BCUT2D eigenvalue weighted by Gasteiger charge is -2.42. The third-order valence-corrected chi connectivity index (χ3v) is 5.36. The van der Waals surface area contributed by atoms with Crippen LogP contribution in [-0.4, -0.2) is 75.4 Å². The van der Waals surface area contributed by atoms with E-state index < -0.39 is 0 Å². The van der Waals surface area contributed by atoms with Gasteiger partial charge < -0.3 is 15.0 Å². The topological polar surface area (TPSA) is 27.7 Å². The molecule has 0 aromatic rings. The van der Waals surface area contributed by atoms with Crippen LogP contribution >= 0.6 is 0 Å². The van der Waals surface area contributed by atoms with E-state index in [1.165, 1.54) is 58.2 Å². The van der Waals surface area contributed by atoms with E-state index in [0.29, 0.717) is 5.41 Å².